The molecule has 0 bridgehead atoms. The third kappa shape index (κ3) is 3.32. The van der Waals surface area contributed by atoms with E-state index in [0.29, 0.717) is 12.2 Å². The molecule has 3 nitrogen and oxygen atoms in total. The fraction of sp³-hybridized carbons (Fsp3) is 0.308. The smallest absolute Gasteiger partial charge is 0.336 e. The molecule has 1 N–H and O–H groups in total. The zero-order valence-corrected chi connectivity index (χ0v) is 11.7. The quantitative estimate of drug-likeness (QED) is 0.643. The molecule has 1 rings (SSSR count). The highest BCUT2D eigenvalue weighted by Crippen LogP contribution is 2.29. The normalized spacial score (nSPS) is 10.2. The highest BCUT2D eigenvalue weighted by molar-refractivity contribution is 9.10. The van der Waals surface area contributed by atoms with E-state index in [4.69, 9.17) is 5.11 Å². The number of hydrogen-bond donors (Lipinski definition) is 1. The molecule has 0 spiro atoms. The molecule has 1 aromatic rings. The van der Waals surface area contributed by atoms with Crippen LogP contribution in [0.1, 0.15) is 23.2 Å². The lowest BCUT2D eigenvalue weighted by atomic mass is 10.2. The minimum absolute atomic E-state index is 0.0110. The van der Waals surface area contributed by atoms with Crippen LogP contribution in [0.5, 0.6) is 0 Å². The predicted molar refractivity (Wildman–Crippen MR) is 73.8 cm³/mol. The van der Waals surface area contributed by atoms with E-state index in [1.54, 1.807) is 11.9 Å². The molecule has 0 atom stereocenters. The number of unbranched alkanes of at least 4 members (excludes halogenated alkanes) is 1. The Hall–Kier alpha value is -1.36. The Balaban J connectivity index is 2.94. The molecule has 0 unspecified atom stereocenters. The second kappa shape index (κ2) is 6.54. The predicted octanol–water partition coefficient (Wildman–Crippen LogP) is 3.69. The van der Waals surface area contributed by atoms with Crippen molar-refractivity contribution in [2.24, 2.45) is 0 Å². The minimum atomic E-state index is -1.15. The van der Waals surface area contributed by atoms with Gasteiger partial charge in [0, 0.05) is 13.6 Å². The van der Waals surface area contributed by atoms with Crippen molar-refractivity contribution < 1.29 is 14.3 Å². The summed E-state index contributed by atoms with van der Waals surface area (Å²) < 4.78 is 14.0. The van der Waals surface area contributed by atoms with E-state index in [1.165, 1.54) is 12.1 Å². The lowest BCUT2D eigenvalue weighted by Gasteiger charge is -2.20. The summed E-state index contributed by atoms with van der Waals surface area (Å²) in [5.74, 6) is -1.70. The van der Waals surface area contributed by atoms with Gasteiger partial charge in [-0.05, 0) is 40.9 Å². The Morgan fingerprint density at radius 3 is 2.83 bits per heavy atom. The fourth-order valence-corrected chi connectivity index (χ4v) is 2.10. The van der Waals surface area contributed by atoms with Gasteiger partial charge in [-0.3, -0.25) is 0 Å². The molecule has 0 radical (unpaired) electrons. The second-order valence-electron chi connectivity index (χ2n) is 3.92. The number of carboxylic acids is 1. The van der Waals surface area contributed by atoms with Crippen LogP contribution in [-0.4, -0.2) is 24.7 Å². The van der Waals surface area contributed by atoms with Gasteiger partial charge in [0.1, 0.15) is 0 Å². The molecular weight excluding hydrogens is 301 g/mol. The summed E-state index contributed by atoms with van der Waals surface area (Å²) in [6.07, 6.45) is 3.55. The number of anilines is 1. The van der Waals surface area contributed by atoms with Gasteiger partial charge in [0.05, 0.1) is 15.7 Å². The summed E-state index contributed by atoms with van der Waals surface area (Å²) in [6.45, 7) is 4.31. The van der Waals surface area contributed by atoms with E-state index in [1.807, 2.05) is 6.08 Å². The Bertz CT molecular complexity index is 463. The van der Waals surface area contributed by atoms with Crippen LogP contribution in [0.15, 0.2) is 29.3 Å². The SMILES string of the molecule is C=CCCCN(C)c1ccc(C(=O)O)c(Br)c1F. The van der Waals surface area contributed by atoms with Crippen LogP contribution in [0.25, 0.3) is 0 Å². The maximum atomic E-state index is 14.0. The molecule has 0 aliphatic rings. The molecular formula is C13H15BrFNO2. The third-order valence-electron chi connectivity index (χ3n) is 2.61. The maximum absolute atomic E-state index is 14.0. The van der Waals surface area contributed by atoms with Crippen LogP contribution in [0.2, 0.25) is 0 Å². The molecule has 0 heterocycles. The molecule has 5 heteroatoms. The standard InChI is InChI=1S/C13H15BrFNO2/c1-3-4-5-8-16(2)10-7-6-9(13(17)18)11(14)12(10)15/h3,6-7H,1,4-5,8H2,2H3,(H,17,18). The molecule has 0 aliphatic heterocycles. The lowest BCUT2D eigenvalue weighted by Crippen LogP contribution is -2.20. The highest BCUT2D eigenvalue weighted by atomic mass is 79.9. The summed E-state index contributed by atoms with van der Waals surface area (Å²) in [4.78, 5) is 12.6. The van der Waals surface area contributed by atoms with E-state index < -0.39 is 11.8 Å². The van der Waals surface area contributed by atoms with Gasteiger partial charge in [0.25, 0.3) is 0 Å². The van der Waals surface area contributed by atoms with Crippen molar-refractivity contribution in [1.29, 1.82) is 0 Å². The van der Waals surface area contributed by atoms with Crippen LogP contribution < -0.4 is 4.90 Å². The summed E-state index contributed by atoms with van der Waals surface area (Å²) in [5, 5.41) is 8.87. The first-order valence-corrected chi connectivity index (χ1v) is 6.31. The zero-order valence-electron chi connectivity index (χ0n) is 10.1. The summed E-state index contributed by atoms with van der Waals surface area (Å²) in [6, 6.07) is 2.88. The minimum Gasteiger partial charge on any atom is -0.478 e. The monoisotopic (exact) mass is 315 g/mol. The van der Waals surface area contributed by atoms with Crippen LogP contribution in [-0.2, 0) is 0 Å². The number of hydrogen-bond acceptors (Lipinski definition) is 2. The summed E-state index contributed by atoms with van der Waals surface area (Å²) in [7, 11) is 1.77. The summed E-state index contributed by atoms with van der Waals surface area (Å²) >= 11 is 2.98. The highest BCUT2D eigenvalue weighted by Gasteiger charge is 2.17. The summed E-state index contributed by atoms with van der Waals surface area (Å²) in [5.41, 5.74) is 0.312. The lowest BCUT2D eigenvalue weighted by molar-refractivity contribution is 0.0695. The van der Waals surface area contributed by atoms with Crippen molar-refractivity contribution in [3.8, 4) is 0 Å². The van der Waals surface area contributed by atoms with Crippen molar-refractivity contribution >= 4 is 27.6 Å². The largest absolute Gasteiger partial charge is 0.478 e. The molecule has 0 amide bonds. The van der Waals surface area contributed by atoms with Crippen LogP contribution in [0.4, 0.5) is 10.1 Å². The first-order valence-electron chi connectivity index (χ1n) is 5.52. The number of nitrogens with zero attached hydrogens (tertiary/aromatic N) is 1. The molecule has 18 heavy (non-hydrogen) atoms. The number of carbonyl (C=O) groups is 1. The van der Waals surface area contributed by atoms with E-state index in [9.17, 15) is 9.18 Å². The average Bonchev–Trinajstić information content (AvgIpc) is 2.32. The van der Waals surface area contributed by atoms with E-state index in [2.05, 4.69) is 22.5 Å². The zero-order chi connectivity index (χ0) is 13.7. The molecule has 0 saturated carbocycles. The van der Waals surface area contributed by atoms with Crippen LogP contribution in [0, 0.1) is 5.82 Å². The van der Waals surface area contributed by atoms with Gasteiger partial charge in [-0.2, -0.15) is 0 Å². The molecule has 0 saturated heterocycles. The first-order chi connectivity index (χ1) is 8.49. The number of carboxylic acid groups (broad SMARTS) is 1. The number of benzene rings is 1. The van der Waals surface area contributed by atoms with E-state index in [-0.39, 0.29) is 10.0 Å². The van der Waals surface area contributed by atoms with Crippen molar-refractivity contribution in [3.05, 3.63) is 40.6 Å². The number of aromatic carboxylic acids is 1. The number of allylic oxidation sites excluding steroid dienone is 1. The van der Waals surface area contributed by atoms with E-state index in [0.717, 1.165) is 12.8 Å². The Morgan fingerprint density at radius 1 is 1.61 bits per heavy atom. The molecule has 0 fully saturated rings. The van der Waals surface area contributed by atoms with Crippen molar-refractivity contribution in [2.45, 2.75) is 12.8 Å². The van der Waals surface area contributed by atoms with Crippen molar-refractivity contribution in [3.63, 3.8) is 0 Å². The molecule has 1 aromatic carbocycles. The second-order valence-corrected chi connectivity index (χ2v) is 4.71. The Kier molecular flexibility index (Phi) is 5.34. The maximum Gasteiger partial charge on any atom is 0.336 e. The van der Waals surface area contributed by atoms with Gasteiger partial charge in [0.2, 0.25) is 0 Å². The first kappa shape index (κ1) is 14.7. The molecule has 0 aliphatic carbocycles. The van der Waals surface area contributed by atoms with Crippen molar-refractivity contribution in [2.75, 3.05) is 18.5 Å². The topological polar surface area (TPSA) is 40.5 Å². The number of rotatable bonds is 6. The fourth-order valence-electron chi connectivity index (χ4n) is 1.59. The van der Waals surface area contributed by atoms with E-state index >= 15 is 0 Å². The van der Waals surface area contributed by atoms with Crippen molar-refractivity contribution in [1.82, 2.24) is 0 Å². The van der Waals surface area contributed by atoms with Crippen LogP contribution in [0.3, 0.4) is 0 Å². The Morgan fingerprint density at radius 2 is 2.28 bits per heavy atom. The van der Waals surface area contributed by atoms with Crippen LogP contribution >= 0.6 is 15.9 Å². The number of halogens is 2. The van der Waals surface area contributed by atoms with Gasteiger partial charge in [0.15, 0.2) is 5.82 Å². The molecule has 0 aromatic heterocycles. The third-order valence-corrected chi connectivity index (χ3v) is 3.38. The molecule has 98 valence electrons. The van der Waals surface area contributed by atoms with Gasteiger partial charge >= 0.3 is 5.97 Å². The van der Waals surface area contributed by atoms with Gasteiger partial charge in [-0.25, -0.2) is 9.18 Å². The van der Waals surface area contributed by atoms with Gasteiger partial charge in [-0.1, -0.05) is 6.08 Å². The average molecular weight is 316 g/mol. The van der Waals surface area contributed by atoms with Gasteiger partial charge in [-0.15, -0.1) is 6.58 Å². The Labute approximate surface area is 114 Å². The van der Waals surface area contributed by atoms with Gasteiger partial charge < -0.3 is 10.0 Å².